The number of hydrogen-bond acceptors (Lipinski definition) is 18. The van der Waals surface area contributed by atoms with Gasteiger partial charge in [-0.15, -0.1) is 45.3 Å². The molecule has 8 aromatic rings. The number of carbonyl (C=O) groups is 4. The SMILES string of the molecule is COC(=O)N[C@H](Cc1ccccc1)C(=O)N[C@@H](Cc1ccc(NS(=O)(=O)O)cc1)c1csc(-c2cccs2)n1.COC(=O)N[C@H](Cc1ccccc1)C(=O)N[C@@H](Cc1ccc(N[S-](=O)=O)cc1)c1csc(-c2cccs2)n1.[Na+].[OH-]. The van der Waals surface area contributed by atoms with E-state index in [4.69, 9.17) is 24.0 Å². The van der Waals surface area contributed by atoms with Gasteiger partial charge < -0.3 is 49.4 Å². The van der Waals surface area contributed by atoms with Crippen LogP contribution in [0.4, 0.5) is 21.0 Å². The number of nitrogens with zero attached hydrogens (tertiary/aromatic N) is 2. The molecule has 4 aromatic carbocycles. The molecule has 0 saturated carbocycles. The Morgan fingerprint density at radius 1 is 0.544 bits per heavy atom. The largest absolute Gasteiger partial charge is 1.00 e. The van der Waals surface area contributed by atoms with E-state index < -0.39 is 63.5 Å². The fraction of sp³-hybridized carbons (Fsp3) is 0.192. The third kappa shape index (κ3) is 20.2. The monoisotopic (exact) mass is 1200 g/mol. The van der Waals surface area contributed by atoms with Crippen LogP contribution in [0.5, 0.6) is 0 Å². The summed E-state index contributed by atoms with van der Waals surface area (Å²) >= 11 is 6.09. The molecule has 27 heteroatoms. The summed E-state index contributed by atoms with van der Waals surface area (Å²) in [7, 11) is -4.34. The van der Waals surface area contributed by atoms with Gasteiger partial charge >= 0.3 is 52.0 Å². The van der Waals surface area contributed by atoms with Crippen LogP contribution < -0.4 is 60.3 Å². The number of nitrogens with one attached hydrogen (secondary N) is 6. The van der Waals surface area contributed by atoms with Crippen molar-refractivity contribution in [2.75, 3.05) is 23.7 Å². The fourth-order valence-electron chi connectivity index (χ4n) is 7.58. The molecule has 0 aliphatic heterocycles. The smallest absolute Gasteiger partial charge is 0.870 e. The normalized spacial score (nSPS) is 12.3. The van der Waals surface area contributed by atoms with Gasteiger partial charge in [0.15, 0.2) is 0 Å². The van der Waals surface area contributed by atoms with Gasteiger partial charge in [-0.2, -0.15) is 8.42 Å². The number of rotatable bonds is 22. The average Bonchev–Trinajstić information content (AvgIpc) is 4.32. The maximum absolute atomic E-state index is 13.5. The van der Waals surface area contributed by atoms with E-state index in [1.165, 1.54) is 49.0 Å². The van der Waals surface area contributed by atoms with Gasteiger partial charge in [-0.25, -0.2) is 19.6 Å². The van der Waals surface area contributed by atoms with Gasteiger partial charge in [0.25, 0.3) is 0 Å². The molecule has 8 rings (SSSR count). The van der Waals surface area contributed by atoms with Gasteiger partial charge in [-0.3, -0.25) is 18.9 Å². The zero-order valence-corrected chi connectivity index (χ0v) is 49.4. The first-order chi connectivity index (χ1) is 37.1. The molecule has 0 unspecified atom stereocenters. The predicted molar refractivity (Wildman–Crippen MR) is 301 cm³/mol. The van der Waals surface area contributed by atoms with E-state index in [9.17, 15) is 36.0 Å². The molecule has 0 radical (unpaired) electrons. The molecule has 79 heavy (non-hydrogen) atoms. The first kappa shape index (κ1) is 63.3. The van der Waals surface area contributed by atoms with E-state index >= 15 is 0 Å². The third-order valence-electron chi connectivity index (χ3n) is 11.2. The van der Waals surface area contributed by atoms with Crippen molar-refractivity contribution in [3.05, 3.63) is 189 Å². The molecule has 410 valence electrons. The molecule has 0 fully saturated rings. The van der Waals surface area contributed by atoms with Crippen LogP contribution in [0.3, 0.4) is 0 Å². The summed E-state index contributed by atoms with van der Waals surface area (Å²) in [6.07, 6.45) is -0.165. The minimum atomic E-state index is -4.40. The van der Waals surface area contributed by atoms with Crippen LogP contribution >= 0.6 is 45.3 Å². The Labute approximate surface area is 496 Å². The number of aromatic nitrogens is 2. The fourth-order valence-corrected chi connectivity index (χ4v) is 11.7. The molecule has 4 atom stereocenters. The summed E-state index contributed by atoms with van der Waals surface area (Å²) in [5, 5.41) is 20.7. The van der Waals surface area contributed by atoms with Crippen molar-refractivity contribution in [3.63, 3.8) is 0 Å². The van der Waals surface area contributed by atoms with Gasteiger partial charge in [0.1, 0.15) is 22.1 Å². The molecule has 0 aliphatic rings. The average molecular weight is 1200 g/mol. The Morgan fingerprint density at radius 2 is 0.937 bits per heavy atom. The van der Waals surface area contributed by atoms with Crippen LogP contribution in [-0.2, 0) is 74.4 Å². The summed E-state index contributed by atoms with van der Waals surface area (Å²) in [4.78, 5) is 62.7. The topological polar surface area (TPSA) is 303 Å². The van der Waals surface area contributed by atoms with E-state index in [-0.39, 0.29) is 59.5 Å². The van der Waals surface area contributed by atoms with Crippen LogP contribution in [0, 0.1) is 0 Å². The van der Waals surface area contributed by atoms with E-state index in [2.05, 4.69) is 26.0 Å². The van der Waals surface area contributed by atoms with E-state index in [1.807, 2.05) is 111 Å². The number of methoxy groups -OCH3 is 2. The molecule has 4 heterocycles. The number of benzene rings is 4. The van der Waals surface area contributed by atoms with Crippen molar-refractivity contribution >= 4 is 102 Å². The van der Waals surface area contributed by atoms with Crippen molar-refractivity contribution in [1.82, 2.24) is 31.2 Å². The van der Waals surface area contributed by atoms with Crippen LogP contribution in [0.25, 0.3) is 19.8 Å². The molecule has 8 N–H and O–H groups in total. The van der Waals surface area contributed by atoms with E-state index in [0.29, 0.717) is 29.9 Å². The Hall–Kier alpha value is -6.56. The van der Waals surface area contributed by atoms with Crippen molar-refractivity contribution in [3.8, 4) is 19.8 Å². The Kier molecular flexibility index (Phi) is 25.1. The molecule has 20 nitrogen and oxygen atoms in total. The maximum atomic E-state index is 13.5. The summed E-state index contributed by atoms with van der Waals surface area (Å²) in [5.74, 6) is -0.792. The van der Waals surface area contributed by atoms with Gasteiger partial charge in [-0.1, -0.05) is 97.1 Å². The number of amides is 4. The second-order valence-electron chi connectivity index (χ2n) is 16.7. The second kappa shape index (κ2) is 31.3. The maximum Gasteiger partial charge on any atom is 1.00 e. The molecule has 0 aliphatic carbocycles. The summed E-state index contributed by atoms with van der Waals surface area (Å²) in [6, 6.07) is 37.0. The molecule has 0 saturated heterocycles. The number of alkyl carbamates (subject to hydrolysis) is 2. The number of thiazole rings is 2. The summed E-state index contributed by atoms with van der Waals surface area (Å²) in [5.41, 5.74) is 5.35. The van der Waals surface area contributed by atoms with Crippen LogP contribution in [0.15, 0.2) is 155 Å². The zero-order chi connectivity index (χ0) is 54.7. The van der Waals surface area contributed by atoms with Crippen molar-refractivity contribution in [2.45, 2.75) is 49.9 Å². The number of anilines is 2. The first-order valence-corrected chi connectivity index (χ1v) is 29.3. The Bertz CT molecular complexity index is 3360. The van der Waals surface area contributed by atoms with Crippen LogP contribution in [-0.4, -0.2) is 78.7 Å². The molecule has 0 spiro atoms. The zero-order valence-electron chi connectivity index (χ0n) is 42.5. The summed E-state index contributed by atoms with van der Waals surface area (Å²) < 4.78 is 66.9. The number of ether oxygens (including phenoxy) is 2. The van der Waals surface area contributed by atoms with Gasteiger partial charge in [0, 0.05) is 40.2 Å². The van der Waals surface area contributed by atoms with Crippen LogP contribution in [0.1, 0.15) is 45.7 Å². The molecular weight excluding hydrogens is 1140 g/mol. The number of thiophene rings is 2. The molecule has 0 bridgehead atoms. The van der Waals surface area contributed by atoms with Crippen molar-refractivity contribution < 1.29 is 85.1 Å². The molecular formula is C52H52N8NaO12S6-. The number of carbonyl (C=O) groups excluding carboxylic acids is 4. The summed E-state index contributed by atoms with van der Waals surface area (Å²) in [6.45, 7) is 0. The quantitative estimate of drug-likeness (QED) is 0.0227. The first-order valence-electron chi connectivity index (χ1n) is 23.3. The van der Waals surface area contributed by atoms with E-state index in [0.717, 1.165) is 42.0 Å². The van der Waals surface area contributed by atoms with Crippen molar-refractivity contribution in [2.24, 2.45) is 0 Å². The number of hydrogen-bond donors (Lipinski definition) is 7. The minimum Gasteiger partial charge on any atom is -0.870 e. The van der Waals surface area contributed by atoms with Crippen LogP contribution in [0.2, 0.25) is 0 Å². The molecule has 4 amide bonds. The van der Waals surface area contributed by atoms with E-state index in [1.54, 1.807) is 59.1 Å². The van der Waals surface area contributed by atoms with Crippen molar-refractivity contribution in [1.29, 1.82) is 0 Å². The van der Waals surface area contributed by atoms with Gasteiger partial charge in [-0.05, 0) is 82.3 Å². The Morgan fingerprint density at radius 3 is 1.29 bits per heavy atom. The van der Waals surface area contributed by atoms with Gasteiger partial charge in [0.05, 0.1) is 53.1 Å². The standard InChI is InChI=1S/C26H26N4O6S3.C26H25N4O5S3.Na.H2O/c1-36-26(32)29-21(15-17-6-3-2-4-7-17)24(31)27-20(22-16-38-25(28-22)23-8-5-13-37-23)14-18-9-11-19(12-10-18)30-39(33,34)35;1-35-26(32)29-21(15-17-6-3-2-4-7-17)24(31)27-20(14-18-9-11-19(12-10-18)30-38(33)34)22-16-37-25(28-22)23-8-5-13-36-23;;/h2-13,16,20-21,30H,14-15H2,1H3,(H,27,31)(H,29,32)(H,33,34,35);2-13,16,20-21H,14-15H2,1H3,(H,27,31)(H,29,32)(H,30,33,34);;1H2/q;-1;+1;/p-1/t2*20-,21+;;/m00../s1. The van der Waals surface area contributed by atoms with Gasteiger partial charge in [0.2, 0.25) is 11.8 Å². The minimum absolute atomic E-state index is 0. The second-order valence-corrected chi connectivity index (χ2v) is 22.1. The molecule has 4 aromatic heterocycles. The Balaban J connectivity index is 0.000000284. The predicted octanol–water partition coefficient (Wildman–Crippen LogP) is 6.16. The third-order valence-corrected chi connectivity index (χ3v) is 15.9.